The minimum Gasteiger partial charge on any atom is -0.508 e. The van der Waals surface area contributed by atoms with Crippen LogP contribution in [0.15, 0.2) is 47.5 Å². The Bertz CT molecular complexity index is 972. The van der Waals surface area contributed by atoms with E-state index in [9.17, 15) is 9.90 Å². The summed E-state index contributed by atoms with van der Waals surface area (Å²) in [5, 5.41) is 13.2. The molecule has 0 aromatic heterocycles. The number of anilines is 1. The van der Waals surface area contributed by atoms with E-state index in [0.717, 1.165) is 30.6 Å². The SMILES string of the molecule is CN=Cc1ccc(NC(=O)N(C)C2C3Cc4ccc(O)cc4C2(C)CCN3C)cc1. The zero-order chi connectivity index (χ0) is 21.5. The third-order valence-corrected chi connectivity index (χ3v) is 6.88. The number of urea groups is 1. The molecule has 0 radical (unpaired) electrons. The largest absolute Gasteiger partial charge is 0.508 e. The molecule has 1 aliphatic heterocycles. The highest BCUT2D eigenvalue weighted by Gasteiger charge is 2.52. The van der Waals surface area contributed by atoms with E-state index >= 15 is 0 Å². The fourth-order valence-electron chi connectivity index (χ4n) is 5.27. The number of hydrogen-bond acceptors (Lipinski definition) is 4. The summed E-state index contributed by atoms with van der Waals surface area (Å²) in [5.41, 5.74) is 3.98. The maximum absolute atomic E-state index is 13.2. The highest BCUT2D eigenvalue weighted by atomic mass is 16.3. The Labute approximate surface area is 178 Å². The average molecular weight is 407 g/mol. The number of benzene rings is 2. The van der Waals surface area contributed by atoms with Crippen LogP contribution in [0.4, 0.5) is 10.5 Å². The van der Waals surface area contributed by atoms with Crippen molar-refractivity contribution in [3.05, 3.63) is 59.2 Å². The molecule has 0 saturated carbocycles. The van der Waals surface area contributed by atoms with E-state index in [0.29, 0.717) is 0 Å². The topological polar surface area (TPSA) is 68.2 Å². The molecule has 6 heteroatoms. The van der Waals surface area contributed by atoms with Gasteiger partial charge in [0.2, 0.25) is 0 Å². The lowest BCUT2D eigenvalue weighted by molar-refractivity contribution is 0.0213. The molecule has 2 N–H and O–H groups in total. The molecule has 2 amide bonds. The van der Waals surface area contributed by atoms with Gasteiger partial charge in [0, 0.05) is 37.5 Å². The Morgan fingerprint density at radius 3 is 2.73 bits per heavy atom. The molecule has 30 heavy (non-hydrogen) atoms. The van der Waals surface area contributed by atoms with Crippen molar-refractivity contribution in [1.29, 1.82) is 0 Å². The van der Waals surface area contributed by atoms with Crippen LogP contribution in [-0.2, 0) is 11.8 Å². The van der Waals surface area contributed by atoms with Gasteiger partial charge in [-0.2, -0.15) is 0 Å². The van der Waals surface area contributed by atoms with Crippen molar-refractivity contribution in [2.24, 2.45) is 4.99 Å². The van der Waals surface area contributed by atoms with E-state index in [1.807, 2.05) is 48.3 Å². The first-order valence-corrected chi connectivity index (χ1v) is 10.4. The summed E-state index contributed by atoms with van der Waals surface area (Å²) in [4.78, 5) is 21.4. The number of aliphatic imine (C=N–C) groups is 1. The third-order valence-electron chi connectivity index (χ3n) is 6.88. The van der Waals surface area contributed by atoms with E-state index in [-0.39, 0.29) is 29.3 Å². The van der Waals surface area contributed by atoms with E-state index in [1.54, 1.807) is 19.3 Å². The van der Waals surface area contributed by atoms with Crippen molar-refractivity contribution in [3.8, 4) is 5.75 Å². The van der Waals surface area contributed by atoms with Gasteiger partial charge in [0.1, 0.15) is 5.75 Å². The molecule has 6 nitrogen and oxygen atoms in total. The number of likely N-dealkylation sites (N-methyl/N-ethyl adjacent to an activating group) is 2. The van der Waals surface area contributed by atoms with E-state index in [4.69, 9.17) is 0 Å². The average Bonchev–Trinajstić information content (AvgIpc) is 2.73. The lowest BCUT2D eigenvalue weighted by Gasteiger charge is -2.57. The number of carbonyl (C=O) groups excluding carboxylic acids is 1. The van der Waals surface area contributed by atoms with Crippen LogP contribution in [0.1, 0.15) is 30.0 Å². The van der Waals surface area contributed by atoms with Crippen LogP contribution < -0.4 is 5.32 Å². The molecule has 1 aliphatic carbocycles. The van der Waals surface area contributed by atoms with E-state index < -0.39 is 0 Å². The number of phenolic OH excluding ortho intramolecular Hbond substituents is 1. The fourth-order valence-corrected chi connectivity index (χ4v) is 5.27. The van der Waals surface area contributed by atoms with E-state index in [2.05, 4.69) is 29.2 Å². The molecule has 3 atom stereocenters. The van der Waals surface area contributed by atoms with Gasteiger partial charge in [-0.25, -0.2) is 4.79 Å². The Hall–Kier alpha value is -2.86. The summed E-state index contributed by atoms with van der Waals surface area (Å²) in [6, 6.07) is 13.5. The molecule has 2 aromatic carbocycles. The summed E-state index contributed by atoms with van der Waals surface area (Å²) >= 11 is 0. The lowest BCUT2D eigenvalue weighted by atomic mass is 9.61. The minimum absolute atomic E-state index is 0.0112. The molecule has 2 bridgehead atoms. The Kier molecular flexibility index (Phi) is 5.28. The molecule has 1 fully saturated rings. The molecular weight excluding hydrogens is 376 g/mol. The summed E-state index contributed by atoms with van der Waals surface area (Å²) in [5.74, 6) is 0.286. The smallest absolute Gasteiger partial charge is 0.321 e. The Morgan fingerprint density at radius 1 is 1.30 bits per heavy atom. The molecule has 4 rings (SSSR count). The number of hydrogen-bond donors (Lipinski definition) is 2. The van der Waals surface area contributed by atoms with Gasteiger partial charge in [0.15, 0.2) is 0 Å². The van der Waals surface area contributed by atoms with Crippen LogP contribution in [0.25, 0.3) is 0 Å². The number of carbonyl (C=O) groups is 1. The number of rotatable bonds is 3. The first-order valence-electron chi connectivity index (χ1n) is 10.4. The first kappa shape index (κ1) is 20.4. The zero-order valence-corrected chi connectivity index (χ0v) is 18.1. The van der Waals surface area contributed by atoms with Crippen molar-refractivity contribution in [1.82, 2.24) is 9.80 Å². The van der Waals surface area contributed by atoms with Gasteiger partial charge >= 0.3 is 6.03 Å². The van der Waals surface area contributed by atoms with Crippen molar-refractivity contribution in [2.45, 2.75) is 37.3 Å². The maximum atomic E-state index is 13.2. The number of amides is 2. The second kappa shape index (κ2) is 7.76. The van der Waals surface area contributed by atoms with Gasteiger partial charge in [-0.1, -0.05) is 25.1 Å². The first-order chi connectivity index (χ1) is 14.3. The molecule has 1 saturated heterocycles. The molecule has 0 spiro atoms. The predicted octanol–water partition coefficient (Wildman–Crippen LogP) is 3.49. The number of likely N-dealkylation sites (tertiary alicyclic amines) is 1. The summed E-state index contributed by atoms with van der Waals surface area (Å²) in [6.45, 7) is 3.21. The number of phenols is 1. The molecule has 1 heterocycles. The van der Waals surface area contributed by atoms with Gasteiger partial charge in [0.25, 0.3) is 0 Å². The second-order valence-corrected chi connectivity index (χ2v) is 8.76. The van der Waals surface area contributed by atoms with Crippen LogP contribution in [-0.4, -0.2) is 66.9 Å². The van der Waals surface area contributed by atoms with Crippen molar-refractivity contribution >= 4 is 17.9 Å². The molecule has 3 unspecified atom stereocenters. The van der Waals surface area contributed by atoms with Crippen molar-refractivity contribution < 1.29 is 9.90 Å². The fraction of sp³-hybridized carbons (Fsp3) is 0.417. The van der Waals surface area contributed by atoms with E-state index in [1.165, 1.54) is 11.1 Å². The molecule has 2 aromatic rings. The summed E-state index contributed by atoms with van der Waals surface area (Å²) in [7, 11) is 5.76. The molecule has 2 aliphatic rings. The third kappa shape index (κ3) is 3.45. The lowest BCUT2D eigenvalue weighted by Crippen LogP contribution is -2.67. The van der Waals surface area contributed by atoms with Crippen LogP contribution in [0.5, 0.6) is 5.75 Å². The van der Waals surface area contributed by atoms with Gasteiger partial charge in [-0.3, -0.25) is 4.99 Å². The van der Waals surface area contributed by atoms with Crippen LogP contribution >= 0.6 is 0 Å². The number of piperidine rings is 1. The van der Waals surface area contributed by atoms with Crippen LogP contribution in [0.2, 0.25) is 0 Å². The normalized spacial score (nSPS) is 25.7. The summed E-state index contributed by atoms with van der Waals surface area (Å²) < 4.78 is 0. The van der Waals surface area contributed by atoms with Crippen LogP contribution in [0, 0.1) is 0 Å². The van der Waals surface area contributed by atoms with Gasteiger partial charge in [0.05, 0.1) is 6.04 Å². The second-order valence-electron chi connectivity index (χ2n) is 8.76. The number of nitrogens with zero attached hydrogens (tertiary/aromatic N) is 3. The Morgan fingerprint density at radius 2 is 2.03 bits per heavy atom. The van der Waals surface area contributed by atoms with Crippen LogP contribution in [0.3, 0.4) is 0 Å². The number of nitrogens with one attached hydrogen (secondary N) is 1. The zero-order valence-electron chi connectivity index (χ0n) is 18.1. The van der Waals surface area contributed by atoms with Gasteiger partial charge in [-0.05, 0) is 67.4 Å². The van der Waals surface area contributed by atoms with Gasteiger partial charge in [-0.15, -0.1) is 0 Å². The Balaban J connectivity index is 1.62. The summed E-state index contributed by atoms with van der Waals surface area (Å²) in [6.07, 6.45) is 3.59. The highest BCUT2D eigenvalue weighted by molar-refractivity contribution is 5.90. The monoisotopic (exact) mass is 406 g/mol. The standard InChI is InChI=1S/C24H30N4O2/c1-24-11-12-27(3)21(13-17-7-10-19(29)14-20(17)24)22(24)28(4)23(30)26-18-8-5-16(6-9-18)15-25-2/h5-10,14-15,21-22,29H,11-13H2,1-4H3,(H,26,30). The number of fused-ring (bicyclic) bond motifs is 4. The maximum Gasteiger partial charge on any atom is 0.321 e. The highest BCUT2D eigenvalue weighted by Crippen LogP contribution is 2.47. The van der Waals surface area contributed by atoms with Crippen molar-refractivity contribution in [2.75, 3.05) is 33.0 Å². The van der Waals surface area contributed by atoms with Gasteiger partial charge < -0.3 is 20.2 Å². The predicted molar refractivity (Wildman–Crippen MR) is 121 cm³/mol. The van der Waals surface area contributed by atoms with Crippen molar-refractivity contribution in [3.63, 3.8) is 0 Å². The number of aromatic hydroxyl groups is 1. The molecule has 158 valence electrons. The minimum atomic E-state index is -0.211. The molecular formula is C24H30N4O2. The quantitative estimate of drug-likeness (QED) is 0.767.